The molecule has 0 aliphatic carbocycles. The van der Waals surface area contributed by atoms with E-state index in [4.69, 9.17) is 4.74 Å². The van der Waals surface area contributed by atoms with Crippen LogP contribution in [0, 0.1) is 0 Å². The van der Waals surface area contributed by atoms with Gasteiger partial charge in [-0.1, -0.05) is 12.1 Å². The van der Waals surface area contributed by atoms with Crippen molar-refractivity contribution in [3.63, 3.8) is 0 Å². The van der Waals surface area contributed by atoms with Crippen molar-refractivity contribution >= 4 is 5.82 Å². The van der Waals surface area contributed by atoms with Crippen molar-refractivity contribution in [3.05, 3.63) is 42.2 Å². The van der Waals surface area contributed by atoms with Gasteiger partial charge in [0.1, 0.15) is 5.75 Å². The van der Waals surface area contributed by atoms with Crippen molar-refractivity contribution in [2.45, 2.75) is 33.1 Å². The summed E-state index contributed by atoms with van der Waals surface area (Å²) in [5.41, 5.74) is 0.777. The fourth-order valence-electron chi connectivity index (χ4n) is 1.77. The van der Waals surface area contributed by atoms with Crippen LogP contribution in [0.2, 0.25) is 0 Å². The molecule has 0 aliphatic heterocycles. The van der Waals surface area contributed by atoms with Crippen LogP contribution < -0.4 is 14.8 Å². The molecule has 0 unspecified atom stereocenters. The lowest BCUT2D eigenvalue weighted by molar-refractivity contribution is -0.0498. The van der Waals surface area contributed by atoms with Gasteiger partial charge in [0.05, 0.1) is 6.10 Å². The molecule has 5 nitrogen and oxygen atoms in total. The van der Waals surface area contributed by atoms with E-state index in [1.807, 2.05) is 13.8 Å². The number of alkyl halides is 2. The van der Waals surface area contributed by atoms with Gasteiger partial charge in [0.2, 0.25) is 0 Å². The number of anilines is 1. The molecule has 1 heterocycles. The Hall–Kier alpha value is -2.44. The number of hydrogen-bond donors (Lipinski definition) is 1. The first-order valence-electron chi connectivity index (χ1n) is 6.80. The number of aromatic nitrogens is 2. The summed E-state index contributed by atoms with van der Waals surface area (Å²) >= 11 is 0. The van der Waals surface area contributed by atoms with Gasteiger partial charge in [0, 0.05) is 18.9 Å². The molecule has 0 saturated carbocycles. The van der Waals surface area contributed by atoms with E-state index in [1.165, 1.54) is 6.07 Å². The molecule has 0 aliphatic rings. The van der Waals surface area contributed by atoms with Crippen LogP contribution in [0.25, 0.3) is 0 Å². The second-order valence-corrected chi connectivity index (χ2v) is 4.76. The SMILES string of the molecule is CC(C)Oc1nccnc1NCc1cccc(OC(F)F)c1. The second kappa shape index (κ2) is 7.53. The highest BCUT2D eigenvalue weighted by Crippen LogP contribution is 2.21. The summed E-state index contributed by atoms with van der Waals surface area (Å²) in [4.78, 5) is 8.28. The van der Waals surface area contributed by atoms with E-state index in [0.29, 0.717) is 18.2 Å². The Morgan fingerprint density at radius 2 is 1.91 bits per heavy atom. The summed E-state index contributed by atoms with van der Waals surface area (Å²) < 4.78 is 34.3. The lowest BCUT2D eigenvalue weighted by atomic mass is 10.2. The molecule has 1 aromatic carbocycles. The Balaban J connectivity index is 2.04. The van der Waals surface area contributed by atoms with Crippen LogP contribution >= 0.6 is 0 Å². The maximum atomic E-state index is 12.2. The van der Waals surface area contributed by atoms with Gasteiger partial charge in [-0.05, 0) is 31.5 Å². The minimum Gasteiger partial charge on any atom is -0.472 e. The first-order valence-corrected chi connectivity index (χ1v) is 6.80. The van der Waals surface area contributed by atoms with Crippen molar-refractivity contribution in [2.24, 2.45) is 0 Å². The number of halogens is 2. The highest BCUT2D eigenvalue weighted by atomic mass is 19.3. The topological polar surface area (TPSA) is 56.3 Å². The molecule has 0 atom stereocenters. The van der Waals surface area contributed by atoms with Gasteiger partial charge in [-0.2, -0.15) is 8.78 Å². The van der Waals surface area contributed by atoms with Gasteiger partial charge in [-0.3, -0.25) is 0 Å². The van der Waals surface area contributed by atoms with Crippen LogP contribution in [-0.2, 0) is 6.54 Å². The van der Waals surface area contributed by atoms with E-state index in [1.54, 1.807) is 30.6 Å². The molecular formula is C15H17F2N3O2. The van der Waals surface area contributed by atoms with E-state index in [0.717, 1.165) is 5.56 Å². The molecule has 0 spiro atoms. The predicted molar refractivity (Wildman–Crippen MR) is 78.2 cm³/mol. The lowest BCUT2D eigenvalue weighted by Gasteiger charge is -2.13. The van der Waals surface area contributed by atoms with Crippen molar-refractivity contribution in [1.82, 2.24) is 9.97 Å². The van der Waals surface area contributed by atoms with Crippen LogP contribution in [0.3, 0.4) is 0 Å². The van der Waals surface area contributed by atoms with Crippen molar-refractivity contribution in [1.29, 1.82) is 0 Å². The average Bonchev–Trinajstić information content (AvgIpc) is 2.45. The van der Waals surface area contributed by atoms with E-state index in [-0.39, 0.29) is 11.9 Å². The lowest BCUT2D eigenvalue weighted by Crippen LogP contribution is -2.11. The number of nitrogens with one attached hydrogen (secondary N) is 1. The fraction of sp³-hybridized carbons (Fsp3) is 0.333. The van der Waals surface area contributed by atoms with Gasteiger partial charge < -0.3 is 14.8 Å². The monoisotopic (exact) mass is 309 g/mol. The first-order chi connectivity index (χ1) is 10.5. The van der Waals surface area contributed by atoms with Crippen LogP contribution in [0.5, 0.6) is 11.6 Å². The standard InChI is InChI=1S/C15H17F2N3O2/c1-10(2)21-14-13(18-6-7-19-14)20-9-11-4-3-5-12(8-11)22-15(16)17/h3-8,10,15H,9H2,1-2H3,(H,18,20). The zero-order valence-electron chi connectivity index (χ0n) is 12.3. The molecule has 0 radical (unpaired) electrons. The molecule has 2 rings (SSSR count). The molecule has 2 aromatic rings. The Labute approximate surface area is 127 Å². The van der Waals surface area contributed by atoms with Crippen LogP contribution in [0.1, 0.15) is 19.4 Å². The Morgan fingerprint density at radius 1 is 1.14 bits per heavy atom. The summed E-state index contributed by atoms with van der Waals surface area (Å²) in [5.74, 6) is 1.01. The summed E-state index contributed by atoms with van der Waals surface area (Å²) in [7, 11) is 0. The average molecular weight is 309 g/mol. The Bertz CT molecular complexity index is 609. The van der Waals surface area contributed by atoms with E-state index >= 15 is 0 Å². The molecule has 0 saturated heterocycles. The number of ether oxygens (including phenoxy) is 2. The summed E-state index contributed by atoms with van der Waals surface area (Å²) in [6.45, 7) is 1.33. The van der Waals surface area contributed by atoms with Gasteiger partial charge >= 0.3 is 6.61 Å². The van der Waals surface area contributed by atoms with Crippen LogP contribution in [0.15, 0.2) is 36.7 Å². The maximum Gasteiger partial charge on any atom is 0.387 e. The van der Waals surface area contributed by atoms with Gasteiger partial charge in [0.25, 0.3) is 5.88 Å². The fourth-order valence-corrected chi connectivity index (χ4v) is 1.77. The summed E-state index contributed by atoms with van der Waals surface area (Å²) in [6.07, 6.45) is 3.06. The summed E-state index contributed by atoms with van der Waals surface area (Å²) in [6, 6.07) is 6.46. The summed E-state index contributed by atoms with van der Waals surface area (Å²) in [5, 5.41) is 3.07. The van der Waals surface area contributed by atoms with Gasteiger partial charge in [-0.25, -0.2) is 9.97 Å². The maximum absolute atomic E-state index is 12.2. The largest absolute Gasteiger partial charge is 0.472 e. The van der Waals surface area contributed by atoms with E-state index in [2.05, 4.69) is 20.0 Å². The Morgan fingerprint density at radius 3 is 2.64 bits per heavy atom. The number of rotatable bonds is 7. The number of benzene rings is 1. The second-order valence-electron chi connectivity index (χ2n) is 4.76. The van der Waals surface area contributed by atoms with Crippen LogP contribution in [0.4, 0.5) is 14.6 Å². The minimum absolute atomic E-state index is 0.0278. The highest BCUT2D eigenvalue weighted by Gasteiger charge is 2.09. The molecule has 1 N–H and O–H groups in total. The quantitative estimate of drug-likeness (QED) is 0.848. The smallest absolute Gasteiger partial charge is 0.387 e. The molecule has 0 bridgehead atoms. The molecule has 22 heavy (non-hydrogen) atoms. The normalized spacial score (nSPS) is 10.8. The molecule has 1 aromatic heterocycles. The molecule has 0 amide bonds. The van der Waals surface area contributed by atoms with Gasteiger partial charge in [0.15, 0.2) is 5.82 Å². The van der Waals surface area contributed by atoms with Crippen molar-refractivity contribution in [2.75, 3.05) is 5.32 Å². The minimum atomic E-state index is -2.84. The third-order valence-corrected chi connectivity index (χ3v) is 2.60. The first kappa shape index (κ1) is 15.9. The third kappa shape index (κ3) is 4.83. The molecule has 0 fully saturated rings. The highest BCUT2D eigenvalue weighted by molar-refractivity contribution is 5.45. The molecule has 118 valence electrons. The van der Waals surface area contributed by atoms with Gasteiger partial charge in [-0.15, -0.1) is 0 Å². The van der Waals surface area contributed by atoms with E-state index in [9.17, 15) is 8.78 Å². The molecule has 7 heteroatoms. The number of nitrogens with zero attached hydrogens (tertiary/aromatic N) is 2. The third-order valence-electron chi connectivity index (χ3n) is 2.60. The van der Waals surface area contributed by atoms with Crippen molar-refractivity contribution < 1.29 is 18.3 Å². The van der Waals surface area contributed by atoms with E-state index < -0.39 is 6.61 Å². The van der Waals surface area contributed by atoms with Crippen molar-refractivity contribution in [3.8, 4) is 11.6 Å². The number of hydrogen-bond acceptors (Lipinski definition) is 5. The predicted octanol–water partition coefficient (Wildman–Crippen LogP) is 3.48. The zero-order chi connectivity index (χ0) is 15.9. The zero-order valence-corrected chi connectivity index (χ0v) is 12.3. The molecular weight excluding hydrogens is 292 g/mol. The van der Waals surface area contributed by atoms with Crippen LogP contribution in [-0.4, -0.2) is 22.7 Å². The Kier molecular flexibility index (Phi) is 5.46.